The van der Waals surface area contributed by atoms with Gasteiger partial charge < -0.3 is 4.74 Å². The van der Waals surface area contributed by atoms with Crippen molar-refractivity contribution in [3.63, 3.8) is 0 Å². The van der Waals surface area contributed by atoms with Crippen LogP contribution in [0.25, 0.3) is 22.4 Å². The number of rotatable bonds is 3. The first-order chi connectivity index (χ1) is 12.2. The van der Waals surface area contributed by atoms with Crippen molar-refractivity contribution >= 4 is 34.0 Å². The lowest BCUT2D eigenvalue weighted by Gasteiger charge is -2.02. The van der Waals surface area contributed by atoms with E-state index in [0.717, 1.165) is 5.56 Å². The van der Waals surface area contributed by atoms with Gasteiger partial charge in [0.1, 0.15) is 5.75 Å². The molecule has 5 nitrogen and oxygen atoms in total. The predicted molar refractivity (Wildman–Crippen MR) is 99.4 cm³/mol. The summed E-state index contributed by atoms with van der Waals surface area (Å²) in [5.41, 5.74) is 1.33. The molecule has 0 spiro atoms. The number of aromatic nitrogens is 3. The number of nitrogens with zero attached hydrogens (tertiary/aromatic N) is 3. The van der Waals surface area contributed by atoms with Gasteiger partial charge >= 0.3 is 0 Å². The number of benzene rings is 2. The molecule has 2 heterocycles. The summed E-state index contributed by atoms with van der Waals surface area (Å²) in [5.74, 6) is 1.15. The molecule has 0 unspecified atom stereocenters. The summed E-state index contributed by atoms with van der Waals surface area (Å²) in [6, 6.07) is 14.8. The molecule has 25 heavy (non-hydrogen) atoms. The number of fused-ring (bicyclic) bond motifs is 1. The highest BCUT2D eigenvalue weighted by Crippen LogP contribution is 2.26. The van der Waals surface area contributed by atoms with Crippen LogP contribution in [0, 0.1) is 0 Å². The predicted octanol–water partition coefficient (Wildman–Crippen LogP) is 3.03. The van der Waals surface area contributed by atoms with Crippen LogP contribution in [-0.4, -0.2) is 21.7 Å². The molecule has 7 heteroatoms. The molecule has 4 aromatic rings. The van der Waals surface area contributed by atoms with Gasteiger partial charge in [0.05, 0.1) is 16.7 Å². The second kappa shape index (κ2) is 6.31. The third-order valence-electron chi connectivity index (χ3n) is 3.79. The molecular weight excluding hydrogens is 358 g/mol. The maximum absolute atomic E-state index is 12.9. The molecule has 0 aliphatic heterocycles. The average Bonchev–Trinajstić information content (AvgIpc) is 3.17. The van der Waals surface area contributed by atoms with Gasteiger partial charge in [-0.1, -0.05) is 53.3 Å². The molecule has 0 atom stereocenters. The highest BCUT2D eigenvalue weighted by molar-refractivity contribution is 7.15. The number of ether oxygens (including phenoxy) is 1. The fourth-order valence-electron chi connectivity index (χ4n) is 2.61. The summed E-state index contributed by atoms with van der Waals surface area (Å²) in [4.78, 5) is 13.4. The first kappa shape index (κ1) is 15.8. The van der Waals surface area contributed by atoms with Crippen LogP contribution in [0.3, 0.4) is 0 Å². The Morgan fingerprint density at radius 1 is 1.12 bits per heavy atom. The lowest BCUT2D eigenvalue weighted by molar-refractivity contribution is 0.414. The zero-order valence-corrected chi connectivity index (χ0v) is 14.7. The number of halogens is 1. The van der Waals surface area contributed by atoms with Crippen molar-refractivity contribution in [1.29, 1.82) is 0 Å². The van der Waals surface area contributed by atoms with Crippen molar-refractivity contribution in [3.8, 4) is 17.1 Å². The van der Waals surface area contributed by atoms with Crippen molar-refractivity contribution in [2.45, 2.75) is 0 Å². The topological polar surface area (TPSA) is 56.5 Å². The third kappa shape index (κ3) is 2.69. The van der Waals surface area contributed by atoms with Gasteiger partial charge in [-0.05, 0) is 24.3 Å². The van der Waals surface area contributed by atoms with Crippen LogP contribution >= 0.6 is 22.9 Å². The minimum absolute atomic E-state index is 0.175. The van der Waals surface area contributed by atoms with E-state index < -0.39 is 0 Å². The Morgan fingerprint density at radius 2 is 1.88 bits per heavy atom. The van der Waals surface area contributed by atoms with Crippen molar-refractivity contribution in [2.75, 3.05) is 7.11 Å². The molecule has 4 rings (SSSR count). The van der Waals surface area contributed by atoms with Crippen LogP contribution in [0.15, 0.2) is 53.3 Å². The fraction of sp³-hybridized carbons (Fsp3) is 0.0556. The Labute approximate surface area is 151 Å². The molecule has 0 N–H and O–H groups in total. The molecule has 0 radical (unpaired) electrons. The highest BCUT2D eigenvalue weighted by Gasteiger charge is 2.16. The van der Waals surface area contributed by atoms with Gasteiger partial charge in [0.15, 0.2) is 5.82 Å². The minimum atomic E-state index is -0.175. The second-order valence-electron chi connectivity index (χ2n) is 5.28. The van der Waals surface area contributed by atoms with E-state index in [9.17, 15) is 4.79 Å². The number of para-hydroxylation sites is 1. The Kier molecular flexibility index (Phi) is 3.99. The molecule has 2 aromatic carbocycles. The maximum Gasteiger partial charge on any atom is 0.276 e. The summed E-state index contributed by atoms with van der Waals surface area (Å²) in [7, 11) is 1.60. The lowest BCUT2D eigenvalue weighted by Crippen LogP contribution is -2.23. The van der Waals surface area contributed by atoms with Crippen molar-refractivity contribution in [1.82, 2.24) is 14.6 Å². The average molecular weight is 370 g/mol. The van der Waals surface area contributed by atoms with E-state index in [1.807, 2.05) is 42.5 Å². The zero-order chi connectivity index (χ0) is 17.4. The number of thiazole rings is 1. The molecular formula is C18H12ClN3O2S. The molecule has 0 saturated heterocycles. The SMILES string of the molecule is COc1ccccc1C=c1sc2nnc(-c3ccccc3Cl)n2c1=O. The van der Waals surface area contributed by atoms with Crippen LogP contribution < -0.4 is 14.8 Å². The monoisotopic (exact) mass is 369 g/mol. The molecule has 2 aromatic heterocycles. The summed E-state index contributed by atoms with van der Waals surface area (Å²) in [6.07, 6.45) is 1.80. The molecule has 0 aliphatic rings. The first-order valence-electron chi connectivity index (χ1n) is 7.46. The van der Waals surface area contributed by atoms with Crippen molar-refractivity contribution in [2.24, 2.45) is 0 Å². The Bertz CT molecular complexity index is 1180. The van der Waals surface area contributed by atoms with E-state index in [2.05, 4.69) is 10.2 Å². The van der Waals surface area contributed by atoms with Crippen LogP contribution in [0.1, 0.15) is 5.56 Å². The van der Waals surface area contributed by atoms with Crippen LogP contribution in [-0.2, 0) is 0 Å². The van der Waals surface area contributed by atoms with Gasteiger partial charge in [-0.25, -0.2) is 4.40 Å². The first-order valence-corrected chi connectivity index (χ1v) is 8.66. The van der Waals surface area contributed by atoms with Gasteiger partial charge in [0.2, 0.25) is 4.96 Å². The van der Waals surface area contributed by atoms with Gasteiger partial charge in [0, 0.05) is 11.1 Å². The number of methoxy groups -OCH3 is 1. The quantitative estimate of drug-likeness (QED) is 0.557. The minimum Gasteiger partial charge on any atom is -0.496 e. The molecule has 0 saturated carbocycles. The largest absolute Gasteiger partial charge is 0.496 e. The van der Waals surface area contributed by atoms with Gasteiger partial charge in [-0.15, -0.1) is 10.2 Å². The van der Waals surface area contributed by atoms with Gasteiger partial charge in [-0.3, -0.25) is 4.79 Å². The molecule has 124 valence electrons. The van der Waals surface area contributed by atoms with E-state index in [1.54, 1.807) is 19.3 Å². The molecule has 0 amide bonds. The Morgan fingerprint density at radius 3 is 2.68 bits per heavy atom. The van der Waals surface area contributed by atoms with E-state index in [1.165, 1.54) is 15.7 Å². The highest BCUT2D eigenvalue weighted by atomic mass is 35.5. The van der Waals surface area contributed by atoms with Crippen LogP contribution in [0.2, 0.25) is 5.02 Å². The van der Waals surface area contributed by atoms with Gasteiger partial charge in [-0.2, -0.15) is 0 Å². The van der Waals surface area contributed by atoms with E-state index in [4.69, 9.17) is 16.3 Å². The Hall–Kier alpha value is -2.70. The zero-order valence-electron chi connectivity index (χ0n) is 13.1. The number of hydrogen-bond donors (Lipinski definition) is 0. The fourth-order valence-corrected chi connectivity index (χ4v) is 3.73. The summed E-state index contributed by atoms with van der Waals surface area (Å²) < 4.78 is 7.39. The van der Waals surface area contributed by atoms with Crippen molar-refractivity contribution < 1.29 is 4.74 Å². The summed E-state index contributed by atoms with van der Waals surface area (Å²) in [6.45, 7) is 0. The molecule has 0 bridgehead atoms. The van der Waals surface area contributed by atoms with Crippen molar-refractivity contribution in [3.05, 3.63) is 74.0 Å². The van der Waals surface area contributed by atoms with Gasteiger partial charge in [0.25, 0.3) is 5.56 Å². The maximum atomic E-state index is 12.9. The lowest BCUT2D eigenvalue weighted by atomic mass is 10.2. The Balaban J connectivity index is 1.95. The van der Waals surface area contributed by atoms with E-state index in [-0.39, 0.29) is 5.56 Å². The number of hydrogen-bond acceptors (Lipinski definition) is 5. The smallest absolute Gasteiger partial charge is 0.276 e. The normalized spacial score (nSPS) is 12.0. The summed E-state index contributed by atoms with van der Waals surface area (Å²) in [5, 5.41) is 8.78. The standard InChI is InChI=1S/C18H12ClN3O2S/c1-24-14-9-5-2-6-11(14)10-15-17(23)22-16(20-21-18(22)25-15)12-7-3-4-8-13(12)19/h2-10H,1H3. The molecule has 0 aliphatic carbocycles. The van der Waals surface area contributed by atoms with Crippen LogP contribution in [0.4, 0.5) is 0 Å². The van der Waals surface area contributed by atoms with E-state index in [0.29, 0.717) is 31.7 Å². The third-order valence-corrected chi connectivity index (χ3v) is 5.08. The molecule has 0 fully saturated rings. The summed E-state index contributed by atoms with van der Waals surface area (Å²) >= 11 is 7.52. The second-order valence-corrected chi connectivity index (χ2v) is 6.70. The van der Waals surface area contributed by atoms with E-state index >= 15 is 0 Å². The van der Waals surface area contributed by atoms with Crippen LogP contribution in [0.5, 0.6) is 5.75 Å².